The molecule has 2 amide bonds. The van der Waals surface area contributed by atoms with Crippen LogP contribution in [0.15, 0.2) is 42.5 Å². The van der Waals surface area contributed by atoms with Gasteiger partial charge < -0.3 is 16.0 Å². The number of aromatic nitrogens is 1. The average molecular weight is 724 g/mol. The Morgan fingerprint density at radius 3 is 2.15 bits per heavy atom. The van der Waals surface area contributed by atoms with E-state index < -0.39 is 22.0 Å². The van der Waals surface area contributed by atoms with E-state index in [1.165, 1.54) is 11.5 Å². The summed E-state index contributed by atoms with van der Waals surface area (Å²) < 4.78 is 29.1. The number of fused-ring (bicyclic) bond motifs is 1. The lowest BCUT2D eigenvalue weighted by Gasteiger charge is -2.18. The summed E-state index contributed by atoms with van der Waals surface area (Å²) >= 11 is 14.4. The number of rotatable bonds is 18. The molecule has 1 heterocycles. The number of amides is 2. The van der Waals surface area contributed by atoms with Gasteiger partial charge >= 0.3 is 0 Å². The zero-order valence-electron chi connectivity index (χ0n) is 26.6. The molecule has 0 saturated carbocycles. The molecule has 1 aromatic heterocycles. The first-order valence-corrected chi connectivity index (χ1v) is 18.5. The van der Waals surface area contributed by atoms with Crippen molar-refractivity contribution in [3.63, 3.8) is 0 Å². The van der Waals surface area contributed by atoms with Crippen LogP contribution in [0.5, 0.6) is 0 Å². The predicted molar refractivity (Wildman–Crippen MR) is 192 cm³/mol. The molecule has 0 spiro atoms. The largest absolute Gasteiger partial charge is 0.355 e. The van der Waals surface area contributed by atoms with Crippen molar-refractivity contribution in [3.8, 4) is 0 Å². The number of hydrogen-bond acceptors (Lipinski definition) is 10. The normalized spacial score (nSPS) is 12.9. The number of nitrogens with one attached hydrogen (secondary N) is 4. The zero-order valence-corrected chi connectivity index (χ0v) is 30.0. The zero-order chi connectivity index (χ0) is 34.7. The summed E-state index contributed by atoms with van der Waals surface area (Å²) in [5.41, 5.74) is 3.06. The smallest absolute Gasteiger partial charge is 0.262 e. The fraction of sp³-hybridized carbons (Fsp3) is 0.438. The van der Waals surface area contributed by atoms with Crippen LogP contribution in [0.2, 0.25) is 5.02 Å². The maximum Gasteiger partial charge on any atom is 0.262 e. The highest BCUT2D eigenvalue weighted by molar-refractivity contribution is 7.90. The minimum Gasteiger partial charge on any atom is -0.355 e. The van der Waals surface area contributed by atoms with Crippen molar-refractivity contribution >= 4 is 81.3 Å². The molecule has 0 aliphatic rings. The maximum atomic E-state index is 13.5. The topological polar surface area (TPSA) is 155 Å². The lowest BCUT2D eigenvalue weighted by atomic mass is 10.1. The third-order valence-electron chi connectivity index (χ3n) is 7.61. The Labute approximate surface area is 291 Å². The van der Waals surface area contributed by atoms with Gasteiger partial charge in [0.15, 0.2) is 0 Å². The minimum atomic E-state index is -3.94. The molecular weight excluding hydrogens is 682 g/mol. The molecule has 15 heteroatoms. The highest BCUT2D eigenvalue weighted by Gasteiger charge is 2.23. The van der Waals surface area contributed by atoms with Crippen LogP contribution in [0, 0.1) is 13.8 Å². The van der Waals surface area contributed by atoms with Crippen LogP contribution in [-0.4, -0.2) is 85.5 Å². The number of nitrogens with zero attached hydrogens (tertiary/aromatic N) is 1. The molecule has 0 fully saturated rings. The summed E-state index contributed by atoms with van der Waals surface area (Å²) in [5, 5.41) is 10.1. The number of carbonyl (C=O) groups excluding carboxylic acids is 4. The van der Waals surface area contributed by atoms with Crippen molar-refractivity contribution in [2.24, 2.45) is 0 Å². The summed E-state index contributed by atoms with van der Waals surface area (Å²) in [7, 11) is -3.94. The first kappa shape index (κ1) is 38.6. The van der Waals surface area contributed by atoms with Gasteiger partial charge in [0.1, 0.15) is 5.78 Å². The van der Waals surface area contributed by atoms with Crippen molar-refractivity contribution in [1.82, 2.24) is 25.2 Å². The Hall–Kier alpha value is -2.88. The predicted octanol–water partition coefficient (Wildman–Crippen LogP) is 2.85. The lowest BCUT2D eigenvalue weighted by molar-refractivity contribution is -0.122. The Kier molecular flexibility index (Phi) is 14.8. The number of hydrogen-bond donors (Lipinski definition) is 6. The van der Waals surface area contributed by atoms with E-state index in [1.807, 2.05) is 25.1 Å². The fourth-order valence-electron chi connectivity index (χ4n) is 5.05. The van der Waals surface area contributed by atoms with Crippen molar-refractivity contribution < 1.29 is 27.6 Å². The van der Waals surface area contributed by atoms with Crippen LogP contribution < -0.4 is 20.7 Å². The van der Waals surface area contributed by atoms with Crippen LogP contribution in [0.25, 0.3) is 10.9 Å². The molecule has 47 heavy (non-hydrogen) atoms. The summed E-state index contributed by atoms with van der Waals surface area (Å²) in [6, 6.07) is 11.1. The molecular formula is C32H42ClN5O6S3. The van der Waals surface area contributed by atoms with Gasteiger partial charge in [0.05, 0.1) is 29.8 Å². The van der Waals surface area contributed by atoms with Gasteiger partial charge in [-0.05, 0) is 75.6 Å². The summed E-state index contributed by atoms with van der Waals surface area (Å²) in [6.07, 6.45) is 0.358. The molecule has 3 aromatic rings. The molecule has 2 aromatic carbocycles. The third kappa shape index (κ3) is 11.1. The molecule has 11 nitrogen and oxygen atoms in total. The third-order valence-corrected chi connectivity index (χ3v) is 9.96. The van der Waals surface area contributed by atoms with Crippen LogP contribution >= 0.6 is 36.9 Å². The molecule has 256 valence electrons. The van der Waals surface area contributed by atoms with Gasteiger partial charge in [-0.15, -0.1) is 0 Å². The standard InChI is InChI=1S/C32H42ClN5O6S3/c1-20-6-11-29-26(16-20)25(21(2)38(29)32(42)23-7-9-24(33)10-8-23)17-30(40)37-47(43,44)15-5-4-12-36-31(41)28(19-46)35-14-13-34-27(18-45)22(3)39/h6-11,16,27-28,34-35,45-46H,4-5,12-15,17-19H2,1-3H3,(H,36,41)(H,37,40)/t27-,28-/m0/s1. The Morgan fingerprint density at radius 1 is 0.894 bits per heavy atom. The van der Waals surface area contributed by atoms with Gasteiger partial charge in [0.25, 0.3) is 5.91 Å². The van der Waals surface area contributed by atoms with Crippen LogP contribution in [-0.2, 0) is 30.8 Å². The number of thiol groups is 2. The van der Waals surface area contributed by atoms with E-state index in [0.717, 1.165) is 5.56 Å². The highest BCUT2D eigenvalue weighted by Crippen LogP contribution is 2.29. The van der Waals surface area contributed by atoms with Crippen LogP contribution in [0.1, 0.15) is 46.9 Å². The summed E-state index contributed by atoms with van der Waals surface area (Å²) in [5.74, 6) is -0.949. The van der Waals surface area contributed by atoms with Gasteiger partial charge in [0, 0.05) is 52.8 Å². The lowest BCUT2D eigenvalue weighted by Crippen LogP contribution is -2.49. The molecule has 0 saturated heterocycles. The second kappa shape index (κ2) is 18.0. The van der Waals surface area contributed by atoms with Crippen LogP contribution in [0.3, 0.4) is 0 Å². The van der Waals surface area contributed by atoms with E-state index in [1.54, 1.807) is 31.2 Å². The second-order valence-electron chi connectivity index (χ2n) is 11.2. The van der Waals surface area contributed by atoms with Gasteiger partial charge in [-0.25, -0.2) is 8.42 Å². The molecule has 0 unspecified atom stereocenters. The number of carbonyl (C=O) groups is 4. The van der Waals surface area contributed by atoms with Gasteiger partial charge in [-0.3, -0.25) is 28.5 Å². The minimum absolute atomic E-state index is 0.0116. The molecule has 0 radical (unpaired) electrons. The number of halogens is 1. The quantitative estimate of drug-likeness (QED) is 0.0866. The van der Waals surface area contributed by atoms with E-state index in [9.17, 15) is 27.6 Å². The van der Waals surface area contributed by atoms with Crippen LogP contribution in [0.4, 0.5) is 0 Å². The van der Waals surface area contributed by atoms with Crippen molar-refractivity contribution in [3.05, 3.63) is 69.9 Å². The SMILES string of the molecule is CC(=O)[C@H](CS)NCCN[C@@H](CS)C(=O)NCCCCS(=O)(=O)NC(=O)Cc1c(C)n(C(=O)c2ccc(Cl)cc2)c2ccc(C)cc12. The van der Waals surface area contributed by atoms with E-state index in [2.05, 4.69) is 45.9 Å². The Bertz CT molecular complexity index is 1700. The van der Waals surface area contributed by atoms with E-state index in [-0.39, 0.29) is 54.5 Å². The van der Waals surface area contributed by atoms with E-state index >= 15 is 0 Å². The second-order valence-corrected chi connectivity index (χ2v) is 14.2. The highest BCUT2D eigenvalue weighted by atomic mass is 35.5. The van der Waals surface area contributed by atoms with Gasteiger partial charge in [-0.1, -0.05) is 23.2 Å². The average Bonchev–Trinajstić information content (AvgIpc) is 3.27. The van der Waals surface area contributed by atoms with Gasteiger partial charge in [0.2, 0.25) is 21.8 Å². The number of sulfonamides is 1. The monoisotopic (exact) mass is 723 g/mol. The Morgan fingerprint density at radius 2 is 1.53 bits per heavy atom. The number of unbranched alkanes of at least 4 members (excludes halogenated alkanes) is 1. The van der Waals surface area contributed by atoms with Gasteiger partial charge in [-0.2, -0.15) is 25.3 Å². The van der Waals surface area contributed by atoms with Crippen molar-refractivity contribution in [2.75, 3.05) is 36.9 Å². The van der Waals surface area contributed by atoms with Crippen molar-refractivity contribution in [2.45, 2.75) is 52.1 Å². The fourth-order valence-corrected chi connectivity index (χ4v) is 6.96. The first-order valence-electron chi connectivity index (χ1n) is 15.2. The number of benzene rings is 2. The molecule has 0 aliphatic heterocycles. The van der Waals surface area contributed by atoms with Crippen molar-refractivity contribution in [1.29, 1.82) is 0 Å². The molecule has 0 bridgehead atoms. The summed E-state index contributed by atoms with van der Waals surface area (Å²) in [4.78, 5) is 50.4. The number of aryl methyl sites for hydroxylation is 1. The molecule has 3 rings (SSSR count). The maximum absolute atomic E-state index is 13.5. The first-order chi connectivity index (χ1) is 22.3. The van der Waals surface area contributed by atoms with E-state index in [0.29, 0.717) is 58.0 Å². The number of ketones is 1. The molecule has 2 atom stereocenters. The van der Waals surface area contributed by atoms with E-state index in [4.69, 9.17) is 11.6 Å². The Balaban J connectivity index is 1.52. The molecule has 0 aliphatic carbocycles. The number of Topliss-reactive ketones (excluding diaryl/α,β-unsaturated/α-hetero) is 1. The molecule has 4 N–H and O–H groups in total. The summed E-state index contributed by atoms with van der Waals surface area (Å²) in [6.45, 7) is 6.27.